The standard InChI is InChI=1S/C21H16F3N3O4S/c1-2-26-18-6-4-3-5-15(18)16-11-13(7-9-19(16)26)25-32(30,31)14-8-10-20(27(28)29)17(12-14)21(22,23)24/h3-12,25H,2H2,1H3. The summed E-state index contributed by atoms with van der Waals surface area (Å²) >= 11 is 0. The van der Waals surface area contributed by atoms with Crippen molar-refractivity contribution in [2.45, 2.75) is 24.5 Å². The number of benzene rings is 3. The normalized spacial score (nSPS) is 12.4. The van der Waals surface area contributed by atoms with Crippen LogP contribution >= 0.6 is 0 Å². The average molecular weight is 463 g/mol. The molecule has 4 aromatic rings. The molecule has 0 fully saturated rings. The number of hydrogen-bond acceptors (Lipinski definition) is 4. The number of nitro benzene ring substituents is 1. The molecule has 0 saturated heterocycles. The molecule has 0 aliphatic carbocycles. The van der Waals surface area contributed by atoms with E-state index in [1.54, 1.807) is 12.1 Å². The van der Waals surface area contributed by atoms with Crippen molar-refractivity contribution < 1.29 is 26.5 Å². The van der Waals surface area contributed by atoms with Crippen LogP contribution in [0.3, 0.4) is 0 Å². The summed E-state index contributed by atoms with van der Waals surface area (Å²) in [5, 5.41) is 12.6. The van der Waals surface area contributed by atoms with Crippen molar-refractivity contribution in [2.24, 2.45) is 0 Å². The van der Waals surface area contributed by atoms with Gasteiger partial charge in [0, 0.05) is 40.1 Å². The first kappa shape index (κ1) is 21.6. The van der Waals surface area contributed by atoms with Crippen LogP contribution in [0.25, 0.3) is 21.8 Å². The number of aryl methyl sites for hydroxylation is 1. The highest BCUT2D eigenvalue weighted by atomic mass is 32.2. The molecule has 0 atom stereocenters. The number of alkyl halides is 3. The topological polar surface area (TPSA) is 94.2 Å². The molecule has 4 rings (SSSR count). The number of fused-ring (bicyclic) bond motifs is 3. The summed E-state index contributed by atoms with van der Waals surface area (Å²) in [7, 11) is -4.44. The fourth-order valence-corrected chi connectivity index (χ4v) is 4.82. The second kappa shape index (κ2) is 7.52. The van der Waals surface area contributed by atoms with Crippen molar-refractivity contribution in [1.82, 2.24) is 4.57 Å². The van der Waals surface area contributed by atoms with Gasteiger partial charge in [-0.15, -0.1) is 0 Å². The van der Waals surface area contributed by atoms with E-state index >= 15 is 0 Å². The molecule has 0 saturated carbocycles. The molecule has 166 valence electrons. The Morgan fingerprint density at radius 3 is 2.34 bits per heavy atom. The summed E-state index contributed by atoms with van der Waals surface area (Å²) in [6, 6.07) is 14.0. The van der Waals surface area contributed by atoms with Gasteiger partial charge in [-0.05, 0) is 43.3 Å². The first-order chi connectivity index (χ1) is 15.0. The molecule has 3 aromatic carbocycles. The molecular formula is C21H16F3N3O4S. The molecule has 11 heteroatoms. The first-order valence-electron chi connectivity index (χ1n) is 9.42. The van der Waals surface area contributed by atoms with Gasteiger partial charge >= 0.3 is 6.18 Å². The van der Waals surface area contributed by atoms with Crippen molar-refractivity contribution >= 4 is 43.2 Å². The van der Waals surface area contributed by atoms with E-state index in [4.69, 9.17) is 0 Å². The Hall–Kier alpha value is -3.60. The molecule has 0 bridgehead atoms. The van der Waals surface area contributed by atoms with Crippen LogP contribution < -0.4 is 4.72 Å². The van der Waals surface area contributed by atoms with Crippen LogP contribution in [0.1, 0.15) is 12.5 Å². The molecule has 0 aliphatic heterocycles. The van der Waals surface area contributed by atoms with E-state index in [-0.39, 0.29) is 11.8 Å². The minimum atomic E-state index is -5.09. The summed E-state index contributed by atoms with van der Waals surface area (Å²) < 4.78 is 69.6. The largest absolute Gasteiger partial charge is 0.423 e. The molecule has 0 spiro atoms. The van der Waals surface area contributed by atoms with Gasteiger partial charge in [0.15, 0.2) is 0 Å². The summed E-state index contributed by atoms with van der Waals surface area (Å²) in [5.74, 6) is 0. The smallest absolute Gasteiger partial charge is 0.341 e. The van der Waals surface area contributed by atoms with Gasteiger partial charge in [0.05, 0.1) is 9.82 Å². The highest BCUT2D eigenvalue weighted by Gasteiger charge is 2.39. The first-order valence-corrected chi connectivity index (χ1v) is 10.9. The van der Waals surface area contributed by atoms with Crippen LogP contribution in [-0.4, -0.2) is 17.9 Å². The number of sulfonamides is 1. The van der Waals surface area contributed by atoms with Crippen LogP contribution in [0.2, 0.25) is 0 Å². The van der Waals surface area contributed by atoms with Crippen LogP contribution in [0.4, 0.5) is 24.5 Å². The van der Waals surface area contributed by atoms with Gasteiger partial charge in [0.25, 0.3) is 15.7 Å². The SMILES string of the molecule is CCn1c2ccccc2c2cc(NS(=O)(=O)c3ccc([N+](=O)[O-])c(C(F)(F)F)c3)ccc21. The molecule has 0 amide bonds. The lowest BCUT2D eigenvalue weighted by Crippen LogP contribution is -2.15. The van der Waals surface area contributed by atoms with Crippen molar-refractivity contribution in [1.29, 1.82) is 0 Å². The van der Waals surface area contributed by atoms with Crippen LogP contribution in [0.5, 0.6) is 0 Å². The third kappa shape index (κ3) is 3.64. The Morgan fingerprint density at radius 2 is 1.69 bits per heavy atom. The maximum absolute atomic E-state index is 13.2. The van der Waals surface area contributed by atoms with Crippen molar-refractivity contribution in [3.8, 4) is 0 Å². The molecule has 32 heavy (non-hydrogen) atoms. The zero-order valence-corrected chi connectivity index (χ0v) is 17.4. The predicted octanol–water partition coefficient (Wildman–Crippen LogP) is 5.54. The highest BCUT2D eigenvalue weighted by molar-refractivity contribution is 7.92. The lowest BCUT2D eigenvalue weighted by Gasteiger charge is -2.12. The second-order valence-electron chi connectivity index (χ2n) is 7.03. The minimum absolute atomic E-state index is 0.156. The number of hydrogen-bond donors (Lipinski definition) is 1. The Bertz CT molecular complexity index is 1480. The maximum Gasteiger partial charge on any atom is 0.423 e. The lowest BCUT2D eigenvalue weighted by atomic mass is 10.1. The average Bonchev–Trinajstić information content (AvgIpc) is 3.05. The van der Waals surface area contributed by atoms with E-state index in [2.05, 4.69) is 9.29 Å². The van der Waals surface area contributed by atoms with Gasteiger partial charge in [-0.3, -0.25) is 14.8 Å². The third-order valence-electron chi connectivity index (χ3n) is 5.12. The summed E-state index contributed by atoms with van der Waals surface area (Å²) in [5.41, 5.74) is -0.845. The number of para-hydroxylation sites is 1. The number of nitrogens with one attached hydrogen (secondary N) is 1. The van der Waals surface area contributed by atoms with E-state index in [0.717, 1.165) is 27.9 Å². The number of halogens is 3. The van der Waals surface area contributed by atoms with E-state index < -0.39 is 37.3 Å². The number of anilines is 1. The molecule has 1 aromatic heterocycles. The predicted molar refractivity (Wildman–Crippen MR) is 114 cm³/mol. The molecule has 0 aliphatic rings. The number of nitrogens with zero attached hydrogens (tertiary/aromatic N) is 2. The molecule has 7 nitrogen and oxygen atoms in total. The molecular weight excluding hydrogens is 447 g/mol. The van der Waals surface area contributed by atoms with Gasteiger partial charge in [-0.1, -0.05) is 18.2 Å². The van der Waals surface area contributed by atoms with E-state index in [1.165, 1.54) is 6.07 Å². The van der Waals surface area contributed by atoms with Gasteiger partial charge in [-0.2, -0.15) is 13.2 Å². The number of nitro groups is 1. The minimum Gasteiger partial charge on any atom is -0.341 e. The summed E-state index contributed by atoms with van der Waals surface area (Å²) in [6.07, 6.45) is -5.09. The lowest BCUT2D eigenvalue weighted by molar-refractivity contribution is -0.388. The van der Waals surface area contributed by atoms with E-state index in [0.29, 0.717) is 12.6 Å². The van der Waals surface area contributed by atoms with E-state index in [1.807, 2.05) is 31.2 Å². The highest BCUT2D eigenvalue weighted by Crippen LogP contribution is 2.38. The van der Waals surface area contributed by atoms with Crippen molar-refractivity contribution in [2.75, 3.05) is 4.72 Å². The zero-order chi connectivity index (χ0) is 23.3. The number of rotatable bonds is 5. The fourth-order valence-electron chi connectivity index (χ4n) is 3.74. The van der Waals surface area contributed by atoms with Gasteiger partial charge in [0.2, 0.25) is 0 Å². The zero-order valence-electron chi connectivity index (χ0n) is 16.6. The summed E-state index contributed by atoms with van der Waals surface area (Å²) in [4.78, 5) is 8.98. The van der Waals surface area contributed by atoms with Crippen molar-refractivity contribution in [3.05, 3.63) is 76.3 Å². The summed E-state index contributed by atoms with van der Waals surface area (Å²) in [6.45, 7) is 2.67. The number of aromatic nitrogens is 1. The molecule has 1 heterocycles. The quantitative estimate of drug-likeness (QED) is 0.310. The van der Waals surface area contributed by atoms with Crippen LogP contribution in [-0.2, 0) is 22.7 Å². The Morgan fingerprint density at radius 1 is 1.00 bits per heavy atom. The Labute approximate surface area is 180 Å². The Balaban J connectivity index is 1.79. The van der Waals surface area contributed by atoms with Gasteiger partial charge in [-0.25, -0.2) is 8.42 Å². The van der Waals surface area contributed by atoms with Crippen LogP contribution in [0, 0.1) is 10.1 Å². The molecule has 0 unspecified atom stereocenters. The van der Waals surface area contributed by atoms with Gasteiger partial charge < -0.3 is 4.57 Å². The third-order valence-corrected chi connectivity index (χ3v) is 6.50. The maximum atomic E-state index is 13.2. The van der Waals surface area contributed by atoms with E-state index in [9.17, 15) is 31.7 Å². The molecule has 0 radical (unpaired) electrons. The van der Waals surface area contributed by atoms with Crippen molar-refractivity contribution in [3.63, 3.8) is 0 Å². The second-order valence-corrected chi connectivity index (χ2v) is 8.72. The monoisotopic (exact) mass is 463 g/mol. The molecule has 1 N–H and O–H groups in total. The Kier molecular flexibility index (Phi) is 5.08. The van der Waals surface area contributed by atoms with Crippen LogP contribution in [0.15, 0.2) is 65.6 Å². The van der Waals surface area contributed by atoms with Gasteiger partial charge in [0.1, 0.15) is 5.56 Å². The fraction of sp³-hybridized carbons (Fsp3) is 0.143.